The quantitative estimate of drug-likeness (QED) is 0.144. The first-order valence-electron chi connectivity index (χ1n) is 25.4. The van der Waals surface area contributed by atoms with Gasteiger partial charge in [0.2, 0.25) is 0 Å². The van der Waals surface area contributed by atoms with E-state index in [-0.39, 0.29) is 0 Å². The van der Waals surface area contributed by atoms with Crippen molar-refractivity contribution in [1.82, 2.24) is 0 Å². The first-order valence-corrected chi connectivity index (χ1v) is 25.4. The zero-order chi connectivity index (χ0) is 49.4. The number of benzene rings is 12. The molecule has 3 aromatic heterocycles. The van der Waals surface area contributed by atoms with Crippen LogP contribution < -0.4 is 9.80 Å². The Labute approximate surface area is 432 Å². The lowest BCUT2D eigenvalue weighted by Crippen LogP contribution is -2.10. The van der Waals surface area contributed by atoms with Crippen molar-refractivity contribution in [1.29, 1.82) is 0 Å². The molecule has 15 aromatic rings. The lowest BCUT2D eigenvalue weighted by atomic mass is 9.91. The van der Waals surface area contributed by atoms with Crippen molar-refractivity contribution >= 4 is 111 Å². The number of rotatable bonds is 9. The maximum absolute atomic E-state index is 6.82. The summed E-state index contributed by atoms with van der Waals surface area (Å²) in [5.74, 6) is 0. The minimum absolute atomic E-state index is 0.820. The molecular formula is C70H44N2O3. The monoisotopic (exact) mass is 960 g/mol. The van der Waals surface area contributed by atoms with Gasteiger partial charge in [0.05, 0.1) is 11.1 Å². The Morgan fingerprint density at radius 1 is 0.227 bits per heavy atom. The van der Waals surface area contributed by atoms with E-state index in [0.717, 1.165) is 139 Å². The molecule has 0 aliphatic rings. The van der Waals surface area contributed by atoms with Gasteiger partial charge in [0.1, 0.15) is 33.5 Å². The minimum Gasteiger partial charge on any atom is -0.456 e. The summed E-state index contributed by atoms with van der Waals surface area (Å²) < 4.78 is 19.4. The molecule has 0 amide bonds. The third kappa shape index (κ3) is 7.16. The van der Waals surface area contributed by atoms with Crippen LogP contribution >= 0.6 is 0 Å². The highest BCUT2D eigenvalue weighted by Crippen LogP contribution is 2.48. The fraction of sp³-hybridized carbons (Fsp3) is 0. The molecule has 0 aliphatic heterocycles. The van der Waals surface area contributed by atoms with Gasteiger partial charge >= 0.3 is 0 Å². The van der Waals surface area contributed by atoms with E-state index in [1.807, 2.05) is 12.1 Å². The maximum Gasteiger partial charge on any atom is 0.137 e. The van der Waals surface area contributed by atoms with Gasteiger partial charge in [0, 0.05) is 55.4 Å². The number of hydrogen-bond acceptors (Lipinski definition) is 5. The summed E-state index contributed by atoms with van der Waals surface area (Å²) in [6.45, 7) is 0. The smallest absolute Gasteiger partial charge is 0.137 e. The number of fused-ring (bicyclic) bond motifs is 10. The van der Waals surface area contributed by atoms with E-state index in [1.54, 1.807) is 0 Å². The summed E-state index contributed by atoms with van der Waals surface area (Å²) in [5.41, 5.74) is 18.2. The topological polar surface area (TPSA) is 45.9 Å². The molecule has 0 atom stereocenters. The van der Waals surface area contributed by atoms with Crippen molar-refractivity contribution in [3.8, 4) is 33.4 Å². The number of nitrogens with zero attached hydrogens (tertiary/aromatic N) is 2. The molecule has 0 bridgehead atoms. The highest BCUT2D eigenvalue weighted by atomic mass is 16.3. The van der Waals surface area contributed by atoms with E-state index >= 15 is 0 Å². The van der Waals surface area contributed by atoms with E-state index in [1.165, 1.54) is 5.39 Å². The number of hydrogen-bond donors (Lipinski definition) is 0. The van der Waals surface area contributed by atoms with Crippen molar-refractivity contribution in [3.63, 3.8) is 0 Å². The molecule has 75 heavy (non-hydrogen) atoms. The van der Waals surface area contributed by atoms with E-state index in [0.29, 0.717) is 0 Å². The molecule has 0 N–H and O–H groups in total. The molecular weight excluding hydrogens is 917 g/mol. The van der Waals surface area contributed by atoms with E-state index < -0.39 is 0 Å². The highest BCUT2D eigenvalue weighted by Gasteiger charge is 2.24. The van der Waals surface area contributed by atoms with Crippen LogP contribution in [-0.4, -0.2) is 0 Å². The second-order valence-electron chi connectivity index (χ2n) is 19.2. The van der Waals surface area contributed by atoms with Crippen molar-refractivity contribution in [2.75, 3.05) is 9.80 Å². The molecule has 0 fully saturated rings. The van der Waals surface area contributed by atoms with Crippen LogP contribution in [0.4, 0.5) is 34.1 Å². The van der Waals surface area contributed by atoms with Crippen molar-refractivity contribution in [2.45, 2.75) is 0 Å². The van der Waals surface area contributed by atoms with Crippen LogP contribution in [0.3, 0.4) is 0 Å². The third-order valence-corrected chi connectivity index (χ3v) is 14.8. The van der Waals surface area contributed by atoms with Gasteiger partial charge in [0.25, 0.3) is 0 Å². The molecule has 0 saturated heterocycles. The fourth-order valence-corrected chi connectivity index (χ4v) is 11.3. The maximum atomic E-state index is 6.82. The molecule has 0 radical (unpaired) electrons. The predicted molar refractivity (Wildman–Crippen MR) is 311 cm³/mol. The average molecular weight is 961 g/mol. The zero-order valence-corrected chi connectivity index (χ0v) is 40.5. The normalized spacial score (nSPS) is 11.7. The first kappa shape index (κ1) is 42.6. The summed E-state index contributed by atoms with van der Waals surface area (Å²) in [4.78, 5) is 4.67. The SMILES string of the molecule is c1ccc(N(c2ccc(-c3ccc4oc5ccccc5c4c3)cc2)c2ccc(-c3ccccc3-c3cccc4oc5cccc(N(c6ccccc6)c6ccc7oc8cc9ccccc9cc8c7c6)c5c34)cc2)cc1. The molecule has 0 unspecified atom stereocenters. The summed E-state index contributed by atoms with van der Waals surface area (Å²) in [5, 5.41) is 8.85. The molecule has 352 valence electrons. The number of para-hydroxylation sites is 3. The van der Waals surface area contributed by atoms with E-state index in [4.69, 9.17) is 13.3 Å². The summed E-state index contributed by atoms with van der Waals surface area (Å²) in [6, 6.07) is 94.6. The van der Waals surface area contributed by atoms with Crippen LogP contribution in [0.15, 0.2) is 280 Å². The van der Waals surface area contributed by atoms with Crippen LogP contribution in [0, 0.1) is 0 Å². The number of anilines is 6. The molecule has 0 aliphatic carbocycles. The van der Waals surface area contributed by atoms with Crippen LogP contribution in [0.5, 0.6) is 0 Å². The van der Waals surface area contributed by atoms with Gasteiger partial charge in [0.15, 0.2) is 0 Å². The van der Waals surface area contributed by atoms with Gasteiger partial charge in [-0.3, -0.25) is 0 Å². The molecule has 3 heterocycles. The zero-order valence-electron chi connectivity index (χ0n) is 40.5. The lowest BCUT2D eigenvalue weighted by molar-refractivity contribution is 0.668. The Kier molecular flexibility index (Phi) is 9.82. The standard InChI is InChI=1S/C70H44N2O3/c1-3-17-50(18-4-1)71(52-34-29-45(30-35-52)49-33-39-64-59(42-49)57-23-11-12-26-63(57)73-64)53-36-31-46(32-37-53)55-21-9-10-22-56(55)58-24-13-27-66-69(58)70-62(25-14-28-67(70)75-66)72(51-19-5-2-6-20-51)54-38-40-65-61(44-54)60-41-47-15-7-8-16-48(47)43-68(60)74-65/h1-44H. The molecule has 12 aromatic carbocycles. The Hall–Kier alpha value is -10.1. The fourth-order valence-electron chi connectivity index (χ4n) is 11.3. The van der Waals surface area contributed by atoms with Crippen LogP contribution in [0.2, 0.25) is 0 Å². The van der Waals surface area contributed by atoms with Crippen molar-refractivity contribution < 1.29 is 13.3 Å². The average Bonchev–Trinajstić information content (AvgIpc) is 4.17. The molecule has 15 rings (SSSR count). The van der Waals surface area contributed by atoms with E-state index in [9.17, 15) is 0 Å². The first-order chi connectivity index (χ1) is 37.2. The van der Waals surface area contributed by atoms with Crippen LogP contribution in [0.25, 0.3) is 110 Å². The second kappa shape index (κ2) is 17.3. The Bertz CT molecular complexity index is 4650. The van der Waals surface area contributed by atoms with Gasteiger partial charge in [-0.15, -0.1) is 0 Å². The second-order valence-corrected chi connectivity index (χ2v) is 19.2. The Morgan fingerprint density at radius 2 is 0.707 bits per heavy atom. The van der Waals surface area contributed by atoms with Gasteiger partial charge in [-0.05, 0) is 159 Å². The summed E-state index contributed by atoms with van der Waals surface area (Å²) >= 11 is 0. The predicted octanol–water partition coefficient (Wildman–Crippen LogP) is 20.5. The molecule has 5 nitrogen and oxygen atoms in total. The van der Waals surface area contributed by atoms with Crippen LogP contribution in [-0.2, 0) is 0 Å². The minimum atomic E-state index is 0.820. The summed E-state index contributed by atoms with van der Waals surface area (Å²) in [6.07, 6.45) is 0. The van der Waals surface area contributed by atoms with Crippen molar-refractivity contribution in [3.05, 3.63) is 267 Å². The molecule has 0 saturated carbocycles. The van der Waals surface area contributed by atoms with Gasteiger partial charge < -0.3 is 23.1 Å². The summed E-state index contributed by atoms with van der Waals surface area (Å²) in [7, 11) is 0. The van der Waals surface area contributed by atoms with Crippen LogP contribution in [0.1, 0.15) is 0 Å². The van der Waals surface area contributed by atoms with Gasteiger partial charge in [-0.25, -0.2) is 0 Å². The highest BCUT2D eigenvalue weighted by molar-refractivity contribution is 6.20. The molecule has 0 spiro atoms. The van der Waals surface area contributed by atoms with E-state index in [2.05, 4.69) is 265 Å². The van der Waals surface area contributed by atoms with Gasteiger partial charge in [-0.1, -0.05) is 152 Å². The number of furan rings is 3. The van der Waals surface area contributed by atoms with Crippen molar-refractivity contribution in [2.24, 2.45) is 0 Å². The lowest BCUT2D eigenvalue weighted by Gasteiger charge is -2.26. The Balaban J connectivity index is 0.823. The molecule has 5 heteroatoms. The third-order valence-electron chi connectivity index (χ3n) is 14.8. The van der Waals surface area contributed by atoms with Gasteiger partial charge in [-0.2, -0.15) is 0 Å². The Morgan fingerprint density at radius 3 is 1.47 bits per heavy atom. The largest absolute Gasteiger partial charge is 0.456 e.